The molecule has 1 aromatic rings. The molecule has 2 N–H and O–H groups in total. The fourth-order valence-corrected chi connectivity index (χ4v) is 1.47. The molecule has 0 aliphatic heterocycles. The third-order valence-electron chi connectivity index (χ3n) is 2.29. The number of carbonyl (C=O) groups is 2. The molecule has 104 valence electrons. The van der Waals surface area contributed by atoms with Crippen LogP contribution >= 0.6 is 11.6 Å². The fraction of sp³-hybridized carbons (Fsp3) is 0.385. The second-order valence-corrected chi connectivity index (χ2v) is 4.30. The van der Waals surface area contributed by atoms with Crippen molar-refractivity contribution in [3.05, 3.63) is 28.8 Å². The molecule has 0 radical (unpaired) electrons. The summed E-state index contributed by atoms with van der Waals surface area (Å²) in [7, 11) is 0. The molecule has 0 bridgehead atoms. The zero-order valence-corrected chi connectivity index (χ0v) is 11.4. The van der Waals surface area contributed by atoms with Crippen molar-refractivity contribution in [2.75, 3.05) is 18.9 Å². The lowest BCUT2D eigenvalue weighted by Gasteiger charge is -2.07. The number of nitrogen functional groups attached to an aromatic ring is 1. The summed E-state index contributed by atoms with van der Waals surface area (Å²) >= 11 is 5.84. The number of anilines is 1. The molecule has 1 rings (SSSR count). The molecule has 0 aromatic heterocycles. The van der Waals surface area contributed by atoms with Crippen molar-refractivity contribution >= 4 is 29.2 Å². The molecule has 1 aromatic carbocycles. The maximum atomic E-state index is 11.7. The van der Waals surface area contributed by atoms with E-state index < -0.39 is 18.5 Å². The van der Waals surface area contributed by atoms with Crippen LogP contribution in [0.15, 0.2) is 18.2 Å². The Morgan fingerprint density at radius 3 is 2.74 bits per heavy atom. The summed E-state index contributed by atoms with van der Waals surface area (Å²) < 4.78 is 9.65. The highest BCUT2D eigenvalue weighted by molar-refractivity contribution is 6.33. The van der Waals surface area contributed by atoms with Crippen LogP contribution in [-0.2, 0) is 14.3 Å². The van der Waals surface area contributed by atoms with Crippen LogP contribution in [0.2, 0.25) is 5.02 Å². The van der Waals surface area contributed by atoms with E-state index in [0.717, 1.165) is 12.8 Å². The van der Waals surface area contributed by atoms with Crippen molar-refractivity contribution in [3.63, 3.8) is 0 Å². The number of esters is 2. The molecule has 0 saturated heterocycles. The van der Waals surface area contributed by atoms with Gasteiger partial charge in [0.05, 0.1) is 17.2 Å². The van der Waals surface area contributed by atoms with Gasteiger partial charge in [-0.2, -0.15) is 0 Å². The van der Waals surface area contributed by atoms with E-state index >= 15 is 0 Å². The summed E-state index contributed by atoms with van der Waals surface area (Å²) in [6.45, 7) is 1.87. The molecule has 0 aliphatic carbocycles. The largest absolute Gasteiger partial charge is 0.463 e. The van der Waals surface area contributed by atoms with E-state index in [1.54, 1.807) is 6.07 Å². The minimum atomic E-state index is -0.704. The number of hydrogen-bond acceptors (Lipinski definition) is 5. The summed E-state index contributed by atoms with van der Waals surface area (Å²) in [4.78, 5) is 22.9. The Balaban J connectivity index is 2.47. The first-order chi connectivity index (χ1) is 9.04. The van der Waals surface area contributed by atoms with E-state index in [-0.39, 0.29) is 10.6 Å². The average Bonchev–Trinajstić information content (AvgIpc) is 2.39. The second-order valence-electron chi connectivity index (χ2n) is 3.89. The molecular weight excluding hydrogens is 270 g/mol. The summed E-state index contributed by atoms with van der Waals surface area (Å²) in [5.74, 6) is -1.29. The van der Waals surface area contributed by atoms with Gasteiger partial charge in [-0.3, -0.25) is 0 Å². The van der Waals surface area contributed by atoms with E-state index in [2.05, 4.69) is 0 Å². The van der Waals surface area contributed by atoms with Gasteiger partial charge < -0.3 is 15.2 Å². The zero-order chi connectivity index (χ0) is 14.3. The lowest BCUT2D eigenvalue weighted by Crippen LogP contribution is -2.17. The van der Waals surface area contributed by atoms with Crippen LogP contribution in [0, 0.1) is 0 Å². The van der Waals surface area contributed by atoms with Crippen molar-refractivity contribution in [3.8, 4) is 0 Å². The van der Waals surface area contributed by atoms with Gasteiger partial charge >= 0.3 is 11.9 Å². The summed E-state index contributed by atoms with van der Waals surface area (Å²) in [6, 6.07) is 4.46. The molecule has 5 nitrogen and oxygen atoms in total. The molecular formula is C13H16ClNO4. The molecule has 0 atom stereocenters. The first-order valence-electron chi connectivity index (χ1n) is 5.92. The minimum Gasteiger partial charge on any atom is -0.463 e. The Morgan fingerprint density at radius 1 is 1.32 bits per heavy atom. The van der Waals surface area contributed by atoms with Crippen LogP contribution in [0.4, 0.5) is 5.69 Å². The molecule has 0 fully saturated rings. The van der Waals surface area contributed by atoms with Crippen LogP contribution in [0.1, 0.15) is 30.1 Å². The third kappa shape index (κ3) is 5.18. The Kier molecular flexibility index (Phi) is 6.15. The zero-order valence-electron chi connectivity index (χ0n) is 10.6. The third-order valence-corrected chi connectivity index (χ3v) is 2.62. The maximum absolute atomic E-state index is 11.7. The number of benzene rings is 1. The number of nitrogens with two attached hydrogens (primary N) is 1. The van der Waals surface area contributed by atoms with Crippen molar-refractivity contribution < 1.29 is 19.1 Å². The first kappa shape index (κ1) is 15.3. The Hall–Kier alpha value is -1.75. The Morgan fingerprint density at radius 2 is 2.05 bits per heavy atom. The van der Waals surface area contributed by atoms with Gasteiger partial charge in [-0.1, -0.05) is 24.9 Å². The number of carbonyl (C=O) groups excluding carboxylic acids is 2. The molecule has 0 amide bonds. The number of halogens is 1. The smallest absolute Gasteiger partial charge is 0.344 e. The van der Waals surface area contributed by atoms with Gasteiger partial charge in [0, 0.05) is 5.69 Å². The van der Waals surface area contributed by atoms with Crippen LogP contribution < -0.4 is 5.73 Å². The van der Waals surface area contributed by atoms with Gasteiger partial charge in [-0.15, -0.1) is 0 Å². The highest BCUT2D eigenvalue weighted by Gasteiger charge is 2.14. The normalized spacial score (nSPS) is 10.0. The first-order valence-corrected chi connectivity index (χ1v) is 6.30. The quantitative estimate of drug-likeness (QED) is 0.493. The van der Waals surface area contributed by atoms with E-state index in [1.807, 2.05) is 6.92 Å². The molecule has 6 heteroatoms. The van der Waals surface area contributed by atoms with Gasteiger partial charge in [0.1, 0.15) is 0 Å². The predicted molar refractivity (Wildman–Crippen MR) is 72.0 cm³/mol. The van der Waals surface area contributed by atoms with Gasteiger partial charge in [0.2, 0.25) is 0 Å². The van der Waals surface area contributed by atoms with Crippen molar-refractivity contribution in [2.45, 2.75) is 19.8 Å². The summed E-state index contributed by atoms with van der Waals surface area (Å²) in [6.07, 6.45) is 1.70. The second kappa shape index (κ2) is 7.63. The summed E-state index contributed by atoms with van der Waals surface area (Å²) in [5.41, 5.74) is 6.06. The van der Waals surface area contributed by atoms with E-state index in [1.165, 1.54) is 12.1 Å². The Labute approximate surface area is 116 Å². The monoisotopic (exact) mass is 285 g/mol. The number of ether oxygens (including phenoxy) is 2. The van der Waals surface area contributed by atoms with Gasteiger partial charge in [-0.25, -0.2) is 9.59 Å². The van der Waals surface area contributed by atoms with Crippen LogP contribution in [0.25, 0.3) is 0 Å². The molecule has 0 aliphatic rings. The van der Waals surface area contributed by atoms with Crippen molar-refractivity contribution in [1.82, 2.24) is 0 Å². The molecule has 0 saturated carbocycles. The summed E-state index contributed by atoms with van der Waals surface area (Å²) in [5, 5.41) is 0.221. The van der Waals surface area contributed by atoms with E-state index in [0.29, 0.717) is 12.3 Å². The Bertz CT molecular complexity index is 462. The number of hydrogen-bond donors (Lipinski definition) is 1. The van der Waals surface area contributed by atoms with Gasteiger partial charge in [0.25, 0.3) is 0 Å². The fourth-order valence-electron chi connectivity index (χ4n) is 1.27. The lowest BCUT2D eigenvalue weighted by atomic mass is 10.2. The SMILES string of the molecule is CCCCOC(=O)COC(=O)c1cc(N)ccc1Cl. The van der Waals surface area contributed by atoms with Gasteiger partial charge in [0.15, 0.2) is 6.61 Å². The molecule has 19 heavy (non-hydrogen) atoms. The van der Waals surface area contributed by atoms with Crippen LogP contribution in [-0.4, -0.2) is 25.2 Å². The van der Waals surface area contributed by atoms with Crippen molar-refractivity contribution in [1.29, 1.82) is 0 Å². The minimum absolute atomic E-state index is 0.128. The predicted octanol–water partition coefficient (Wildman–Crippen LogP) is 2.42. The topological polar surface area (TPSA) is 78.6 Å². The lowest BCUT2D eigenvalue weighted by molar-refractivity contribution is -0.147. The van der Waals surface area contributed by atoms with E-state index in [9.17, 15) is 9.59 Å². The molecule has 0 spiro atoms. The number of unbranched alkanes of at least 4 members (excludes halogenated alkanes) is 1. The van der Waals surface area contributed by atoms with Crippen LogP contribution in [0.5, 0.6) is 0 Å². The standard InChI is InChI=1S/C13H16ClNO4/c1-2-3-6-18-12(16)8-19-13(17)10-7-9(15)4-5-11(10)14/h4-5,7H,2-3,6,8,15H2,1H3. The molecule has 0 unspecified atom stereocenters. The van der Waals surface area contributed by atoms with Crippen molar-refractivity contribution in [2.24, 2.45) is 0 Å². The molecule has 0 heterocycles. The number of rotatable bonds is 6. The van der Waals surface area contributed by atoms with E-state index in [4.69, 9.17) is 26.8 Å². The van der Waals surface area contributed by atoms with Gasteiger partial charge in [-0.05, 0) is 24.6 Å². The highest BCUT2D eigenvalue weighted by atomic mass is 35.5. The maximum Gasteiger partial charge on any atom is 0.344 e. The highest BCUT2D eigenvalue weighted by Crippen LogP contribution is 2.19. The van der Waals surface area contributed by atoms with Crippen LogP contribution in [0.3, 0.4) is 0 Å². The average molecular weight is 286 g/mol.